The molecule has 0 radical (unpaired) electrons. The molecule has 0 aromatic carbocycles. The topological polar surface area (TPSA) is 46.3 Å². The predicted octanol–water partition coefficient (Wildman–Crippen LogP) is 1.91. The second kappa shape index (κ2) is 4.27. The van der Waals surface area contributed by atoms with Crippen LogP contribution in [0, 0.1) is 11.3 Å². The summed E-state index contributed by atoms with van der Waals surface area (Å²) in [6.45, 7) is 1.54. The lowest BCUT2D eigenvalue weighted by atomic mass is 9.67. The molecular weight excluding hydrogens is 212 g/mol. The van der Waals surface area contributed by atoms with Crippen LogP contribution in [0.1, 0.15) is 51.4 Å². The summed E-state index contributed by atoms with van der Waals surface area (Å²) in [6, 6.07) is 0.556. The molecule has 3 rings (SSSR count). The molecule has 3 aliphatic rings. The molecular formula is C14H24N2O. The fourth-order valence-electron chi connectivity index (χ4n) is 4.12. The summed E-state index contributed by atoms with van der Waals surface area (Å²) in [5.74, 6) is 1.19. The third kappa shape index (κ3) is 1.70. The van der Waals surface area contributed by atoms with Gasteiger partial charge in [-0.15, -0.1) is 0 Å². The molecule has 3 heteroatoms. The molecule has 3 fully saturated rings. The number of likely N-dealkylation sites (tertiary alicyclic amines) is 1. The van der Waals surface area contributed by atoms with Crippen LogP contribution in [0.5, 0.6) is 0 Å². The molecule has 2 unspecified atom stereocenters. The summed E-state index contributed by atoms with van der Waals surface area (Å²) in [6.07, 6.45) is 9.66. The molecule has 2 N–H and O–H groups in total. The van der Waals surface area contributed by atoms with Gasteiger partial charge in [-0.2, -0.15) is 0 Å². The molecule has 17 heavy (non-hydrogen) atoms. The third-order valence-corrected chi connectivity index (χ3v) is 5.41. The van der Waals surface area contributed by atoms with E-state index in [1.54, 1.807) is 0 Å². The monoisotopic (exact) mass is 236 g/mol. The Hall–Kier alpha value is -0.570. The first-order valence-electron chi connectivity index (χ1n) is 7.28. The summed E-state index contributed by atoms with van der Waals surface area (Å²) in [7, 11) is 0. The maximum Gasteiger partial charge on any atom is 0.230 e. The Morgan fingerprint density at radius 2 is 1.94 bits per heavy atom. The minimum atomic E-state index is -0.162. The molecule has 1 saturated heterocycles. The van der Waals surface area contributed by atoms with E-state index in [4.69, 9.17) is 5.73 Å². The Balaban J connectivity index is 1.76. The van der Waals surface area contributed by atoms with E-state index in [1.165, 1.54) is 38.5 Å². The zero-order valence-electron chi connectivity index (χ0n) is 10.7. The number of rotatable bonds is 2. The molecule has 96 valence electrons. The van der Waals surface area contributed by atoms with Gasteiger partial charge in [0.2, 0.25) is 5.91 Å². The molecule has 2 saturated carbocycles. The van der Waals surface area contributed by atoms with Crippen LogP contribution in [0.25, 0.3) is 0 Å². The van der Waals surface area contributed by atoms with Crippen molar-refractivity contribution < 1.29 is 4.79 Å². The van der Waals surface area contributed by atoms with Crippen molar-refractivity contribution in [3.05, 3.63) is 0 Å². The minimum absolute atomic E-state index is 0.162. The van der Waals surface area contributed by atoms with Crippen LogP contribution in [0.4, 0.5) is 0 Å². The van der Waals surface area contributed by atoms with Crippen LogP contribution < -0.4 is 5.73 Å². The Morgan fingerprint density at radius 1 is 1.18 bits per heavy atom. The molecule has 0 aromatic rings. The van der Waals surface area contributed by atoms with Crippen LogP contribution in [0.2, 0.25) is 0 Å². The Bertz CT molecular complexity index is 306. The van der Waals surface area contributed by atoms with Crippen LogP contribution >= 0.6 is 0 Å². The van der Waals surface area contributed by atoms with Gasteiger partial charge in [0.15, 0.2) is 0 Å². The first kappa shape index (κ1) is 11.5. The van der Waals surface area contributed by atoms with Gasteiger partial charge in [-0.3, -0.25) is 4.79 Å². The van der Waals surface area contributed by atoms with Gasteiger partial charge in [0.05, 0.1) is 5.41 Å². The van der Waals surface area contributed by atoms with Crippen molar-refractivity contribution in [3.8, 4) is 0 Å². The standard InChI is InChI=1S/C14H24N2O/c15-10-14(7-3-8-14)13(17)16-9-2-5-11-4-1-6-12(11)16/h11-12H,1-10,15H2. The van der Waals surface area contributed by atoms with E-state index in [-0.39, 0.29) is 5.41 Å². The number of amides is 1. The average Bonchev–Trinajstić information content (AvgIpc) is 2.75. The van der Waals surface area contributed by atoms with E-state index in [0.717, 1.165) is 25.3 Å². The third-order valence-electron chi connectivity index (χ3n) is 5.41. The molecule has 2 atom stereocenters. The molecule has 0 spiro atoms. The number of carbonyl (C=O) groups excluding carboxylic acids is 1. The quantitative estimate of drug-likeness (QED) is 0.796. The number of hydrogen-bond acceptors (Lipinski definition) is 2. The molecule has 1 aliphatic heterocycles. The normalized spacial score (nSPS) is 35.2. The Kier molecular flexibility index (Phi) is 2.89. The molecule has 2 aliphatic carbocycles. The summed E-state index contributed by atoms with van der Waals surface area (Å²) >= 11 is 0. The van der Waals surface area contributed by atoms with E-state index in [0.29, 0.717) is 18.5 Å². The number of carbonyl (C=O) groups is 1. The molecule has 1 heterocycles. The summed E-state index contributed by atoms with van der Waals surface area (Å²) in [4.78, 5) is 14.9. The van der Waals surface area contributed by atoms with Crippen LogP contribution in [0.15, 0.2) is 0 Å². The van der Waals surface area contributed by atoms with Crippen molar-refractivity contribution in [2.75, 3.05) is 13.1 Å². The lowest BCUT2D eigenvalue weighted by Crippen LogP contribution is -2.56. The average molecular weight is 236 g/mol. The summed E-state index contributed by atoms with van der Waals surface area (Å²) in [5.41, 5.74) is 5.70. The maximum absolute atomic E-state index is 12.7. The molecule has 3 nitrogen and oxygen atoms in total. The second-order valence-electron chi connectivity index (χ2n) is 6.24. The second-order valence-corrected chi connectivity index (χ2v) is 6.24. The van der Waals surface area contributed by atoms with Crippen molar-refractivity contribution in [2.24, 2.45) is 17.1 Å². The van der Waals surface area contributed by atoms with Gasteiger partial charge in [0.1, 0.15) is 0 Å². The first-order valence-corrected chi connectivity index (χ1v) is 7.28. The molecule has 0 bridgehead atoms. The predicted molar refractivity (Wildman–Crippen MR) is 67.4 cm³/mol. The van der Waals surface area contributed by atoms with E-state index in [9.17, 15) is 4.79 Å². The smallest absolute Gasteiger partial charge is 0.230 e. The van der Waals surface area contributed by atoms with Gasteiger partial charge < -0.3 is 10.6 Å². The zero-order valence-corrected chi connectivity index (χ0v) is 10.7. The highest BCUT2D eigenvalue weighted by Crippen LogP contribution is 2.45. The van der Waals surface area contributed by atoms with Crippen LogP contribution in [-0.2, 0) is 4.79 Å². The van der Waals surface area contributed by atoms with Gasteiger partial charge in [-0.05, 0) is 44.4 Å². The molecule has 1 amide bonds. The lowest BCUT2D eigenvalue weighted by molar-refractivity contribution is -0.151. The van der Waals surface area contributed by atoms with E-state index in [2.05, 4.69) is 4.90 Å². The highest BCUT2D eigenvalue weighted by Gasteiger charge is 2.48. The number of piperidine rings is 1. The van der Waals surface area contributed by atoms with Gasteiger partial charge in [0.25, 0.3) is 0 Å². The van der Waals surface area contributed by atoms with E-state index >= 15 is 0 Å². The molecule has 0 aromatic heterocycles. The number of nitrogens with zero attached hydrogens (tertiary/aromatic N) is 1. The van der Waals surface area contributed by atoms with Crippen molar-refractivity contribution in [1.29, 1.82) is 0 Å². The number of nitrogens with two attached hydrogens (primary N) is 1. The fraction of sp³-hybridized carbons (Fsp3) is 0.929. The van der Waals surface area contributed by atoms with Crippen molar-refractivity contribution in [1.82, 2.24) is 4.90 Å². The van der Waals surface area contributed by atoms with E-state index < -0.39 is 0 Å². The zero-order chi connectivity index (χ0) is 11.9. The lowest BCUT2D eigenvalue weighted by Gasteiger charge is -2.47. The number of fused-ring (bicyclic) bond motifs is 1. The Labute approximate surface area is 104 Å². The van der Waals surface area contributed by atoms with Gasteiger partial charge in [0, 0.05) is 19.1 Å². The van der Waals surface area contributed by atoms with E-state index in [1.807, 2.05) is 0 Å². The van der Waals surface area contributed by atoms with Gasteiger partial charge in [-0.1, -0.05) is 12.8 Å². The summed E-state index contributed by atoms with van der Waals surface area (Å²) < 4.78 is 0. The van der Waals surface area contributed by atoms with Crippen molar-refractivity contribution in [2.45, 2.75) is 57.4 Å². The minimum Gasteiger partial charge on any atom is -0.339 e. The van der Waals surface area contributed by atoms with Crippen LogP contribution in [-0.4, -0.2) is 29.9 Å². The highest BCUT2D eigenvalue weighted by atomic mass is 16.2. The summed E-state index contributed by atoms with van der Waals surface area (Å²) in [5, 5.41) is 0. The SMILES string of the molecule is NCC1(C(=O)N2CCCC3CCCC32)CCC1. The van der Waals surface area contributed by atoms with Gasteiger partial charge in [-0.25, -0.2) is 0 Å². The highest BCUT2D eigenvalue weighted by molar-refractivity contribution is 5.84. The maximum atomic E-state index is 12.7. The number of hydrogen-bond donors (Lipinski definition) is 1. The Morgan fingerprint density at radius 3 is 2.59 bits per heavy atom. The van der Waals surface area contributed by atoms with Gasteiger partial charge >= 0.3 is 0 Å². The first-order chi connectivity index (χ1) is 8.27. The fourth-order valence-corrected chi connectivity index (χ4v) is 4.12. The van der Waals surface area contributed by atoms with Crippen molar-refractivity contribution >= 4 is 5.91 Å². The van der Waals surface area contributed by atoms with Crippen LogP contribution in [0.3, 0.4) is 0 Å². The largest absolute Gasteiger partial charge is 0.339 e. The van der Waals surface area contributed by atoms with Crippen molar-refractivity contribution in [3.63, 3.8) is 0 Å².